The molecular weight excluding hydrogens is 302 g/mol. The van der Waals surface area contributed by atoms with E-state index in [1.165, 1.54) is 29.4 Å². The Morgan fingerprint density at radius 1 is 1.36 bits per heavy atom. The van der Waals surface area contributed by atoms with Gasteiger partial charge in [-0.1, -0.05) is 23.9 Å². The summed E-state index contributed by atoms with van der Waals surface area (Å²) in [6.45, 7) is 2.02. The molecule has 0 radical (unpaired) electrons. The van der Waals surface area contributed by atoms with Gasteiger partial charge in [-0.15, -0.1) is 0 Å². The van der Waals surface area contributed by atoms with Crippen LogP contribution in [0.3, 0.4) is 0 Å². The molecule has 0 atom stereocenters. The molecule has 1 aliphatic heterocycles. The lowest BCUT2D eigenvalue weighted by atomic mass is 10.1. The van der Waals surface area contributed by atoms with Crippen molar-refractivity contribution in [3.05, 3.63) is 51.9 Å². The third-order valence-corrected chi connectivity index (χ3v) is 4.30. The molecule has 0 aliphatic carbocycles. The standard InChI is InChI=1S/C15H13N3O3S/c1-9(19)10-3-2-4-11(7-10)17-13(20)12-8-16-15-18(14(12)21)5-6-22-15/h2-4,7-8H,5-6H2,1H3,(H,17,20). The van der Waals surface area contributed by atoms with Crippen LogP contribution in [-0.2, 0) is 6.54 Å². The van der Waals surface area contributed by atoms with Gasteiger partial charge in [-0.05, 0) is 19.1 Å². The van der Waals surface area contributed by atoms with Crippen molar-refractivity contribution in [3.63, 3.8) is 0 Å². The van der Waals surface area contributed by atoms with Crippen LogP contribution in [0, 0.1) is 0 Å². The normalized spacial score (nSPS) is 12.8. The molecule has 2 heterocycles. The highest BCUT2D eigenvalue weighted by Gasteiger charge is 2.20. The number of ketones is 1. The van der Waals surface area contributed by atoms with Gasteiger partial charge in [0.05, 0.1) is 0 Å². The van der Waals surface area contributed by atoms with E-state index in [1.54, 1.807) is 24.3 Å². The van der Waals surface area contributed by atoms with E-state index < -0.39 is 5.91 Å². The summed E-state index contributed by atoms with van der Waals surface area (Å²) in [6.07, 6.45) is 1.30. The van der Waals surface area contributed by atoms with Crippen molar-refractivity contribution in [3.8, 4) is 0 Å². The summed E-state index contributed by atoms with van der Waals surface area (Å²) in [5.41, 5.74) is 0.629. The van der Waals surface area contributed by atoms with Gasteiger partial charge in [0.2, 0.25) is 0 Å². The third kappa shape index (κ3) is 2.67. The maximum absolute atomic E-state index is 12.3. The van der Waals surface area contributed by atoms with Gasteiger partial charge < -0.3 is 5.32 Å². The summed E-state index contributed by atoms with van der Waals surface area (Å²) in [5.74, 6) is 0.173. The van der Waals surface area contributed by atoms with Crippen molar-refractivity contribution in [2.75, 3.05) is 11.1 Å². The van der Waals surface area contributed by atoms with Gasteiger partial charge in [-0.25, -0.2) is 4.98 Å². The van der Waals surface area contributed by atoms with E-state index >= 15 is 0 Å². The quantitative estimate of drug-likeness (QED) is 0.690. The second-order valence-electron chi connectivity index (χ2n) is 4.85. The monoisotopic (exact) mass is 315 g/mol. The molecule has 1 amide bonds. The number of rotatable bonds is 3. The number of benzene rings is 1. The Morgan fingerprint density at radius 3 is 2.95 bits per heavy atom. The van der Waals surface area contributed by atoms with E-state index in [0.29, 0.717) is 23.0 Å². The fourth-order valence-electron chi connectivity index (χ4n) is 2.19. The molecule has 3 rings (SSSR count). The number of thioether (sulfide) groups is 1. The van der Waals surface area contributed by atoms with Crippen LogP contribution in [0.15, 0.2) is 40.4 Å². The Labute approximate surface area is 130 Å². The summed E-state index contributed by atoms with van der Waals surface area (Å²) >= 11 is 1.49. The zero-order valence-corrected chi connectivity index (χ0v) is 12.6. The molecule has 0 spiro atoms. The number of Topliss-reactive ketones (excluding diaryl/α,β-unsaturated/α-hetero) is 1. The summed E-state index contributed by atoms with van der Waals surface area (Å²) in [7, 11) is 0. The van der Waals surface area contributed by atoms with Crippen LogP contribution in [0.4, 0.5) is 5.69 Å². The number of carbonyl (C=O) groups is 2. The van der Waals surface area contributed by atoms with Crippen molar-refractivity contribution < 1.29 is 9.59 Å². The second-order valence-corrected chi connectivity index (χ2v) is 5.91. The molecule has 2 aromatic rings. The van der Waals surface area contributed by atoms with Crippen LogP contribution in [0.5, 0.6) is 0 Å². The highest BCUT2D eigenvalue weighted by molar-refractivity contribution is 7.99. The highest BCUT2D eigenvalue weighted by atomic mass is 32.2. The van der Waals surface area contributed by atoms with Crippen LogP contribution in [-0.4, -0.2) is 27.0 Å². The van der Waals surface area contributed by atoms with Crippen LogP contribution < -0.4 is 10.9 Å². The first-order chi connectivity index (χ1) is 10.6. The maximum Gasteiger partial charge on any atom is 0.267 e. The Morgan fingerprint density at radius 2 is 2.18 bits per heavy atom. The fourth-order valence-corrected chi connectivity index (χ4v) is 3.10. The number of amides is 1. The molecule has 7 heteroatoms. The van der Waals surface area contributed by atoms with Crippen LogP contribution in [0.1, 0.15) is 27.6 Å². The minimum absolute atomic E-state index is 0.000483. The molecule has 6 nitrogen and oxygen atoms in total. The predicted octanol–water partition coefficient (Wildman–Crippen LogP) is 1.80. The zero-order valence-electron chi connectivity index (χ0n) is 11.8. The number of nitrogens with one attached hydrogen (secondary N) is 1. The molecule has 0 unspecified atom stereocenters. The zero-order chi connectivity index (χ0) is 15.7. The predicted molar refractivity (Wildman–Crippen MR) is 83.6 cm³/mol. The molecule has 0 saturated heterocycles. The molecule has 0 bridgehead atoms. The largest absolute Gasteiger partial charge is 0.322 e. The van der Waals surface area contributed by atoms with Gasteiger partial charge in [0.15, 0.2) is 10.9 Å². The Bertz CT molecular complexity index is 829. The SMILES string of the molecule is CC(=O)c1cccc(NC(=O)c2cnc3n(c2=O)CCS3)c1. The maximum atomic E-state index is 12.3. The van der Waals surface area contributed by atoms with E-state index in [-0.39, 0.29) is 16.9 Å². The molecule has 112 valence electrons. The van der Waals surface area contributed by atoms with Gasteiger partial charge >= 0.3 is 0 Å². The van der Waals surface area contributed by atoms with E-state index in [4.69, 9.17) is 0 Å². The summed E-state index contributed by atoms with van der Waals surface area (Å²) in [4.78, 5) is 40.0. The van der Waals surface area contributed by atoms with Gasteiger partial charge in [-0.3, -0.25) is 19.0 Å². The molecule has 1 aromatic heterocycles. The lowest BCUT2D eigenvalue weighted by Gasteiger charge is -2.07. The van der Waals surface area contributed by atoms with E-state index in [2.05, 4.69) is 10.3 Å². The smallest absolute Gasteiger partial charge is 0.267 e. The number of aromatic nitrogens is 2. The molecule has 0 saturated carbocycles. The van der Waals surface area contributed by atoms with Crippen molar-refractivity contribution in [2.45, 2.75) is 18.6 Å². The van der Waals surface area contributed by atoms with Crippen molar-refractivity contribution >= 4 is 29.1 Å². The van der Waals surface area contributed by atoms with E-state index in [0.717, 1.165) is 5.75 Å². The highest BCUT2D eigenvalue weighted by Crippen LogP contribution is 2.20. The number of anilines is 1. The second kappa shape index (κ2) is 5.76. The van der Waals surface area contributed by atoms with Gasteiger partial charge in [0, 0.05) is 29.7 Å². The van der Waals surface area contributed by atoms with Crippen LogP contribution in [0.25, 0.3) is 0 Å². The number of hydrogen-bond donors (Lipinski definition) is 1. The minimum atomic E-state index is -0.523. The van der Waals surface area contributed by atoms with Gasteiger partial charge in [0.1, 0.15) is 5.56 Å². The van der Waals surface area contributed by atoms with Crippen molar-refractivity contribution in [1.29, 1.82) is 0 Å². The van der Waals surface area contributed by atoms with Crippen molar-refractivity contribution in [1.82, 2.24) is 9.55 Å². The van der Waals surface area contributed by atoms with Gasteiger partial charge in [-0.2, -0.15) is 0 Å². The molecule has 0 fully saturated rings. The first-order valence-electron chi connectivity index (χ1n) is 6.71. The molecule has 1 N–H and O–H groups in total. The molecule has 1 aromatic carbocycles. The third-order valence-electron chi connectivity index (χ3n) is 3.33. The van der Waals surface area contributed by atoms with Crippen LogP contribution in [0.2, 0.25) is 0 Å². The number of fused-ring (bicyclic) bond motifs is 1. The lowest BCUT2D eigenvalue weighted by Crippen LogP contribution is -2.29. The average molecular weight is 315 g/mol. The Hall–Kier alpha value is -2.41. The number of nitrogens with zero attached hydrogens (tertiary/aromatic N) is 2. The number of carbonyl (C=O) groups excluding carboxylic acids is 2. The average Bonchev–Trinajstić information content (AvgIpc) is 2.97. The molecule has 1 aliphatic rings. The first-order valence-corrected chi connectivity index (χ1v) is 7.70. The van der Waals surface area contributed by atoms with Crippen LogP contribution >= 0.6 is 11.8 Å². The first kappa shape index (κ1) is 14.5. The summed E-state index contributed by atoms with van der Waals surface area (Å²) in [5, 5.41) is 3.27. The number of hydrogen-bond acceptors (Lipinski definition) is 5. The Balaban J connectivity index is 1.88. The topological polar surface area (TPSA) is 81.1 Å². The minimum Gasteiger partial charge on any atom is -0.322 e. The Kier molecular flexibility index (Phi) is 3.81. The van der Waals surface area contributed by atoms with Gasteiger partial charge in [0.25, 0.3) is 11.5 Å². The molecule has 22 heavy (non-hydrogen) atoms. The summed E-state index contributed by atoms with van der Waals surface area (Å²) < 4.78 is 1.51. The lowest BCUT2D eigenvalue weighted by molar-refractivity contribution is 0.101. The summed E-state index contributed by atoms with van der Waals surface area (Å²) in [6, 6.07) is 6.59. The van der Waals surface area contributed by atoms with Crippen molar-refractivity contribution in [2.24, 2.45) is 0 Å². The fraction of sp³-hybridized carbons (Fsp3) is 0.200. The van der Waals surface area contributed by atoms with E-state index in [1.807, 2.05) is 0 Å². The molecular formula is C15H13N3O3S. The van der Waals surface area contributed by atoms with E-state index in [9.17, 15) is 14.4 Å².